The molecule has 1 spiro atoms. The van der Waals surface area contributed by atoms with Crippen LogP contribution in [0.1, 0.15) is 72.2 Å². The Bertz CT molecular complexity index is 3310. The van der Waals surface area contributed by atoms with Crippen LogP contribution in [-0.4, -0.2) is 0 Å². The summed E-state index contributed by atoms with van der Waals surface area (Å²) in [5.74, 6) is 0. The largest absolute Gasteiger partial charge is 0.309 e. The molecule has 1 nitrogen and oxygen atoms in total. The highest BCUT2D eigenvalue weighted by atomic mass is 15.1. The SMILES string of the molecule is CC1(C)c2ccccc2-c2c(-c3ccc(N(c4cccc5c4-c4ccccc4C5(C)C)c4cccc5c4-c4ccccc4C54c5ccccc5-c5ccccc54)cc3)cccc21. The molecule has 0 aliphatic heterocycles. The summed E-state index contributed by atoms with van der Waals surface area (Å²) < 4.78 is 0. The molecule has 0 atom stereocenters. The molecule has 294 valence electrons. The molecule has 4 aliphatic carbocycles. The van der Waals surface area contributed by atoms with E-state index in [1.54, 1.807) is 0 Å². The molecule has 0 saturated heterocycles. The average molecular weight is 792 g/mol. The zero-order valence-corrected chi connectivity index (χ0v) is 35.5. The minimum atomic E-state index is -0.435. The molecule has 0 unspecified atom stereocenters. The van der Waals surface area contributed by atoms with Crippen LogP contribution in [0.15, 0.2) is 200 Å². The van der Waals surface area contributed by atoms with Crippen molar-refractivity contribution in [2.24, 2.45) is 0 Å². The van der Waals surface area contributed by atoms with Crippen LogP contribution >= 0.6 is 0 Å². The second-order valence-corrected chi connectivity index (χ2v) is 18.7. The molecule has 9 aromatic carbocycles. The Hall–Kier alpha value is -7.22. The van der Waals surface area contributed by atoms with Gasteiger partial charge in [-0.25, -0.2) is 0 Å². The van der Waals surface area contributed by atoms with Crippen molar-refractivity contribution >= 4 is 17.1 Å². The molecule has 13 rings (SSSR count). The van der Waals surface area contributed by atoms with Crippen LogP contribution in [0.2, 0.25) is 0 Å². The summed E-state index contributed by atoms with van der Waals surface area (Å²) in [5, 5.41) is 0. The lowest BCUT2D eigenvalue weighted by Crippen LogP contribution is -2.26. The summed E-state index contributed by atoms with van der Waals surface area (Å²) in [6, 6.07) is 75.8. The van der Waals surface area contributed by atoms with Crippen molar-refractivity contribution in [1.29, 1.82) is 0 Å². The zero-order chi connectivity index (χ0) is 41.5. The van der Waals surface area contributed by atoms with Crippen LogP contribution in [0.3, 0.4) is 0 Å². The lowest BCUT2D eigenvalue weighted by atomic mass is 9.70. The van der Waals surface area contributed by atoms with Gasteiger partial charge in [0, 0.05) is 27.6 Å². The van der Waals surface area contributed by atoms with E-state index in [1.807, 2.05) is 0 Å². The van der Waals surface area contributed by atoms with Gasteiger partial charge in [-0.1, -0.05) is 204 Å². The van der Waals surface area contributed by atoms with Gasteiger partial charge in [-0.3, -0.25) is 0 Å². The van der Waals surface area contributed by atoms with E-state index in [9.17, 15) is 0 Å². The minimum absolute atomic E-state index is 0.0574. The van der Waals surface area contributed by atoms with Crippen LogP contribution in [0.4, 0.5) is 17.1 Å². The predicted molar refractivity (Wildman–Crippen MR) is 258 cm³/mol. The molecule has 0 bridgehead atoms. The summed E-state index contributed by atoms with van der Waals surface area (Å²) in [6.07, 6.45) is 0. The van der Waals surface area contributed by atoms with E-state index in [4.69, 9.17) is 0 Å². The predicted octanol–water partition coefficient (Wildman–Crippen LogP) is 15.8. The maximum absolute atomic E-state index is 2.58. The maximum atomic E-state index is 2.58. The number of benzene rings is 9. The van der Waals surface area contributed by atoms with E-state index in [1.165, 1.54) is 112 Å². The molecule has 0 saturated carbocycles. The molecule has 0 fully saturated rings. The van der Waals surface area contributed by atoms with Crippen LogP contribution in [0.25, 0.3) is 55.6 Å². The van der Waals surface area contributed by atoms with Crippen molar-refractivity contribution < 1.29 is 0 Å². The molecule has 0 amide bonds. The molecular formula is C61H45N. The van der Waals surface area contributed by atoms with Crippen LogP contribution in [0.5, 0.6) is 0 Å². The van der Waals surface area contributed by atoms with Gasteiger partial charge < -0.3 is 4.90 Å². The summed E-state index contributed by atoms with van der Waals surface area (Å²) in [5.41, 5.74) is 26.9. The highest BCUT2D eigenvalue weighted by Gasteiger charge is 2.52. The van der Waals surface area contributed by atoms with Crippen molar-refractivity contribution in [3.63, 3.8) is 0 Å². The normalized spacial score (nSPS) is 15.5. The number of hydrogen-bond acceptors (Lipinski definition) is 1. The Morgan fingerprint density at radius 2 is 0.629 bits per heavy atom. The molecule has 0 radical (unpaired) electrons. The highest BCUT2D eigenvalue weighted by Crippen LogP contribution is 2.65. The monoisotopic (exact) mass is 791 g/mol. The Labute approximate surface area is 364 Å². The van der Waals surface area contributed by atoms with Crippen LogP contribution in [-0.2, 0) is 16.2 Å². The summed E-state index contributed by atoms with van der Waals surface area (Å²) in [6.45, 7) is 9.49. The van der Waals surface area contributed by atoms with E-state index < -0.39 is 5.41 Å². The highest BCUT2D eigenvalue weighted by molar-refractivity contribution is 6.04. The Morgan fingerprint density at radius 1 is 0.274 bits per heavy atom. The maximum Gasteiger partial charge on any atom is 0.0726 e. The van der Waals surface area contributed by atoms with Crippen LogP contribution in [0, 0.1) is 0 Å². The van der Waals surface area contributed by atoms with E-state index >= 15 is 0 Å². The fraction of sp³-hybridized carbons (Fsp3) is 0.115. The van der Waals surface area contributed by atoms with E-state index in [2.05, 4.69) is 233 Å². The van der Waals surface area contributed by atoms with Gasteiger partial charge in [-0.05, 0) is 113 Å². The zero-order valence-electron chi connectivity index (χ0n) is 35.5. The lowest BCUT2D eigenvalue weighted by molar-refractivity contribution is 0.660. The first-order valence-electron chi connectivity index (χ1n) is 22.1. The first-order valence-corrected chi connectivity index (χ1v) is 22.1. The van der Waals surface area contributed by atoms with Crippen molar-refractivity contribution in [3.05, 3.63) is 245 Å². The van der Waals surface area contributed by atoms with Gasteiger partial charge in [0.25, 0.3) is 0 Å². The van der Waals surface area contributed by atoms with Gasteiger partial charge in [0.1, 0.15) is 0 Å². The Balaban J connectivity index is 1.08. The number of anilines is 3. The number of nitrogens with zero attached hydrogens (tertiary/aromatic N) is 1. The van der Waals surface area contributed by atoms with Crippen molar-refractivity contribution in [2.45, 2.75) is 43.9 Å². The molecule has 9 aromatic rings. The second-order valence-electron chi connectivity index (χ2n) is 18.7. The van der Waals surface area contributed by atoms with E-state index in [-0.39, 0.29) is 10.8 Å². The van der Waals surface area contributed by atoms with Gasteiger partial charge in [0.15, 0.2) is 0 Å². The average Bonchev–Trinajstić information content (AvgIpc) is 3.95. The fourth-order valence-corrected chi connectivity index (χ4v) is 12.4. The minimum Gasteiger partial charge on any atom is -0.309 e. The van der Waals surface area contributed by atoms with Gasteiger partial charge in [-0.15, -0.1) is 0 Å². The van der Waals surface area contributed by atoms with Gasteiger partial charge in [0.2, 0.25) is 0 Å². The van der Waals surface area contributed by atoms with Crippen molar-refractivity contribution in [2.75, 3.05) is 4.90 Å². The lowest BCUT2D eigenvalue weighted by Gasteiger charge is -2.32. The summed E-state index contributed by atoms with van der Waals surface area (Å²) in [4.78, 5) is 2.58. The summed E-state index contributed by atoms with van der Waals surface area (Å²) in [7, 11) is 0. The quantitative estimate of drug-likeness (QED) is 0.172. The van der Waals surface area contributed by atoms with E-state index in [0.717, 1.165) is 5.69 Å². The molecule has 0 heterocycles. The first kappa shape index (κ1) is 35.5. The Morgan fingerprint density at radius 3 is 1.18 bits per heavy atom. The third-order valence-corrected chi connectivity index (χ3v) is 15.1. The van der Waals surface area contributed by atoms with Crippen LogP contribution < -0.4 is 4.90 Å². The van der Waals surface area contributed by atoms with Crippen molar-refractivity contribution in [1.82, 2.24) is 0 Å². The van der Waals surface area contributed by atoms with Crippen molar-refractivity contribution in [3.8, 4) is 55.6 Å². The molecule has 1 heteroatoms. The fourth-order valence-electron chi connectivity index (χ4n) is 12.4. The number of fused-ring (bicyclic) bond motifs is 16. The summed E-state index contributed by atoms with van der Waals surface area (Å²) >= 11 is 0. The van der Waals surface area contributed by atoms with Gasteiger partial charge >= 0.3 is 0 Å². The van der Waals surface area contributed by atoms with E-state index in [0.29, 0.717) is 0 Å². The topological polar surface area (TPSA) is 3.24 Å². The van der Waals surface area contributed by atoms with Gasteiger partial charge in [-0.2, -0.15) is 0 Å². The molecule has 0 aromatic heterocycles. The third kappa shape index (κ3) is 4.38. The Kier molecular flexibility index (Phi) is 7.12. The standard InChI is InChI=1S/C61H45N/c1-59(2)46-24-10-7-20-43(46)56-40(23-15-29-51(56)59)38-34-36-39(37-35-38)62(54-32-16-30-52-57(54)44-21-8-11-25-47(44)60(52,3)4)55-33-17-31-53-58(55)45-22-9-14-28-50(45)61(53)48-26-12-5-18-41(48)42-19-6-13-27-49(42)61/h5-37H,1-4H3. The first-order chi connectivity index (χ1) is 30.3. The second kappa shape index (κ2) is 12.4. The number of hydrogen-bond donors (Lipinski definition) is 0. The molecule has 0 N–H and O–H groups in total. The molecular weight excluding hydrogens is 747 g/mol. The number of rotatable bonds is 4. The van der Waals surface area contributed by atoms with Gasteiger partial charge in [0.05, 0.1) is 16.8 Å². The molecule has 4 aliphatic rings. The smallest absolute Gasteiger partial charge is 0.0726 e. The molecule has 62 heavy (non-hydrogen) atoms. The third-order valence-electron chi connectivity index (χ3n) is 15.1.